The number of benzene rings is 1. The standard InChI is InChI=1S/C14H15NO4S/c16-13(8-20-9-14(17)18)15-6-5-11-7-10-3-1-2-4-12(10)19-11/h1-4,7H,5-6,8-9H2,(H,15,16)(H,17,18). The Kier molecular flexibility index (Phi) is 5.06. The van der Waals surface area contributed by atoms with Gasteiger partial charge in [0.25, 0.3) is 0 Å². The number of furan rings is 1. The summed E-state index contributed by atoms with van der Waals surface area (Å²) in [6, 6.07) is 9.70. The molecule has 0 saturated carbocycles. The fourth-order valence-electron chi connectivity index (χ4n) is 1.77. The van der Waals surface area contributed by atoms with Crippen molar-refractivity contribution in [2.45, 2.75) is 6.42 Å². The Balaban J connectivity index is 1.72. The van der Waals surface area contributed by atoms with E-state index in [9.17, 15) is 9.59 Å². The molecule has 6 heteroatoms. The molecule has 1 heterocycles. The highest BCUT2D eigenvalue weighted by molar-refractivity contribution is 8.00. The molecule has 1 aromatic heterocycles. The van der Waals surface area contributed by atoms with Crippen LogP contribution in [0, 0.1) is 0 Å². The first-order chi connectivity index (χ1) is 9.65. The van der Waals surface area contributed by atoms with Crippen molar-refractivity contribution in [2.75, 3.05) is 18.1 Å². The number of carboxylic acid groups (broad SMARTS) is 1. The zero-order valence-electron chi connectivity index (χ0n) is 10.8. The first kappa shape index (κ1) is 14.5. The maximum Gasteiger partial charge on any atom is 0.313 e. The van der Waals surface area contributed by atoms with Crippen LogP contribution in [0.4, 0.5) is 0 Å². The molecule has 0 radical (unpaired) electrons. The van der Waals surface area contributed by atoms with Gasteiger partial charge in [0.05, 0.1) is 11.5 Å². The molecule has 0 aliphatic rings. The minimum atomic E-state index is -0.912. The lowest BCUT2D eigenvalue weighted by atomic mass is 10.2. The number of para-hydroxylation sites is 1. The molecule has 0 aliphatic heterocycles. The molecule has 20 heavy (non-hydrogen) atoms. The molecule has 1 amide bonds. The number of hydrogen-bond donors (Lipinski definition) is 2. The molecule has 2 aromatic rings. The Hall–Kier alpha value is -1.95. The summed E-state index contributed by atoms with van der Waals surface area (Å²) in [5.41, 5.74) is 0.839. The molecule has 0 aliphatic carbocycles. The lowest BCUT2D eigenvalue weighted by Crippen LogP contribution is -2.27. The maximum absolute atomic E-state index is 11.4. The summed E-state index contributed by atoms with van der Waals surface area (Å²) in [6.45, 7) is 0.478. The SMILES string of the molecule is O=C(O)CSCC(=O)NCCc1cc2ccccc2o1. The predicted octanol–water partition coefficient (Wildman–Crippen LogP) is 1.91. The average molecular weight is 293 g/mol. The molecule has 2 rings (SSSR count). The molecule has 5 nitrogen and oxygen atoms in total. The number of carboxylic acids is 1. The second-order valence-electron chi connectivity index (χ2n) is 4.24. The van der Waals surface area contributed by atoms with E-state index < -0.39 is 5.97 Å². The van der Waals surface area contributed by atoms with E-state index in [1.807, 2.05) is 30.3 Å². The van der Waals surface area contributed by atoms with Crippen molar-refractivity contribution in [1.29, 1.82) is 0 Å². The van der Waals surface area contributed by atoms with Gasteiger partial charge in [-0.05, 0) is 12.1 Å². The van der Waals surface area contributed by atoms with Crippen LogP contribution in [0.15, 0.2) is 34.7 Å². The van der Waals surface area contributed by atoms with E-state index in [1.165, 1.54) is 0 Å². The summed E-state index contributed by atoms with van der Waals surface area (Å²) in [4.78, 5) is 21.7. The fourth-order valence-corrected chi connectivity index (χ4v) is 2.33. The molecule has 0 fully saturated rings. The maximum atomic E-state index is 11.4. The van der Waals surface area contributed by atoms with Gasteiger partial charge >= 0.3 is 5.97 Å². The summed E-state index contributed by atoms with van der Waals surface area (Å²) in [5.74, 6) is -0.147. The van der Waals surface area contributed by atoms with Crippen molar-refractivity contribution in [3.63, 3.8) is 0 Å². The number of hydrogen-bond acceptors (Lipinski definition) is 4. The fraction of sp³-hybridized carbons (Fsp3) is 0.286. The molecule has 2 N–H and O–H groups in total. The summed E-state index contributed by atoms with van der Waals surface area (Å²) in [6.07, 6.45) is 0.615. The van der Waals surface area contributed by atoms with Gasteiger partial charge in [0.1, 0.15) is 11.3 Å². The third-order valence-corrected chi connectivity index (χ3v) is 3.55. The first-order valence-electron chi connectivity index (χ1n) is 6.19. The Morgan fingerprint density at radius 1 is 1.25 bits per heavy atom. The Bertz CT molecular complexity index is 575. The number of carbonyl (C=O) groups excluding carboxylic acids is 1. The molecule has 0 bridgehead atoms. The predicted molar refractivity (Wildman–Crippen MR) is 77.9 cm³/mol. The van der Waals surface area contributed by atoms with E-state index >= 15 is 0 Å². The van der Waals surface area contributed by atoms with Crippen molar-refractivity contribution < 1.29 is 19.1 Å². The van der Waals surface area contributed by atoms with Crippen LogP contribution in [0.2, 0.25) is 0 Å². The largest absolute Gasteiger partial charge is 0.481 e. The zero-order chi connectivity index (χ0) is 14.4. The van der Waals surface area contributed by atoms with E-state index in [4.69, 9.17) is 9.52 Å². The number of amides is 1. The quantitative estimate of drug-likeness (QED) is 0.815. The van der Waals surface area contributed by atoms with E-state index in [0.29, 0.717) is 13.0 Å². The van der Waals surface area contributed by atoms with Crippen molar-refractivity contribution in [2.24, 2.45) is 0 Å². The molecule has 0 atom stereocenters. The summed E-state index contributed by atoms with van der Waals surface area (Å²) < 4.78 is 5.63. The average Bonchev–Trinajstić information content (AvgIpc) is 2.80. The summed E-state index contributed by atoms with van der Waals surface area (Å²) in [7, 11) is 0. The van der Waals surface area contributed by atoms with Gasteiger partial charge in [0.2, 0.25) is 5.91 Å². The smallest absolute Gasteiger partial charge is 0.313 e. The van der Waals surface area contributed by atoms with Crippen LogP contribution in [0.1, 0.15) is 5.76 Å². The highest BCUT2D eigenvalue weighted by Crippen LogP contribution is 2.18. The van der Waals surface area contributed by atoms with E-state index in [1.54, 1.807) is 0 Å². The number of aliphatic carboxylic acids is 1. The van der Waals surface area contributed by atoms with Gasteiger partial charge in [0.15, 0.2) is 0 Å². The van der Waals surface area contributed by atoms with Crippen LogP contribution >= 0.6 is 11.8 Å². The zero-order valence-corrected chi connectivity index (χ0v) is 11.6. The molecule has 106 valence electrons. The molecular formula is C14H15NO4S. The van der Waals surface area contributed by atoms with Crippen LogP contribution in [0.5, 0.6) is 0 Å². The van der Waals surface area contributed by atoms with Gasteiger partial charge in [-0.25, -0.2) is 0 Å². The number of fused-ring (bicyclic) bond motifs is 1. The third kappa shape index (κ3) is 4.31. The van der Waals surface area contributed by atoms with Gasteiger partial charge in [-0.2, -0.15) is 0 Å². The Labute approximate surface area is 120 Å². The van der Waals surface area contributed by atoms with E-state index in [2.05, 4.69) is 5.32 Å². The van der Waals surface area contributed by atoms with Crippen molar-refractivity contribution in [3.05, 3.63) is 36.1 Å². The van der Waals surface area contributed by atoms with Gasteiger partial charge in [-0.3, -0.25) is 9.59 Å². The minimum absolute atomic E-state index is 0.0585. The van der Waals surface area contributed by atoms with E-state index in [0.717, 1.165) is 28.5 Å². The molecule has 1 aromatic carbocycles. The second-order valence-corrected chi connectivity index (χ2v) is 5.22. The second kappa shape index (κ2) is 7.00. The van der Waals surface area contributed by atoms with Crippen LogP contribution in [0.3, 0.4) is 0 Å². The number of carbonyl (C=O) groups is 2. The topological polar surface area (TPSA) is 79.5 Å². The van der Waals surface area contributed by atoms with Gasteiger partial charge in [-0.1, -0.05) is 18.2 Å². The summed E-state index contributed by atoms with van der Waals surface area (Å²) >= 11 is 1.08. The van der Waals surface area contributed by atoms with Crippen LogP contribution < -0.4 is 5.32 Å². The number of thioether (sulfide) groups is 1. The van der Waals surface area contributed by atoms with Crippen molar-refractivity contribution in [3.8, 4) is 0 Å². The first-order valence-corrected chi connectivity index (χ1v) is 7.34. The van der Waals surface area contributed by atoms with Crippen molar-refractivity contribution in [1.82, 2.24) is 5.32 Å². The monoisotopic (exact) mass is 293 g/mol. The van der Waals surface area contributed by atoms with Crippen LogP contribution in [-0.2, 0) is 16.0 Å². The Morgan fingerprint density at radius 2 is 2.05 bits per heavy atom. The third-order valence-electron chi connectivity index (χ3n) is 2.63. The van der Waals surface area contributed by atoms with Gasteiger partial charge in [-0.15, -0.1) is 11.8 Å². The van der Waals surface area contributed by atoms with Crippen LogP contribution in [-0.4, -0.2) is 35.0 Å². The minimum Gasteiger partial charge on any atom is -0.481 e. The highest BCUT2D eigenvalue weighted by Gasteiger charge is 2.06. The normalized spacial score (nSPS) is 10.6. The number of nitrogens with one attached hydrogen (secondary N) is 1. The molecule has 0 unspecified atom stereocenters. The van der Waals surface area contributed by atoms with Crippen molar-refractivity contribution >= 4 is 34.6 Å². The molecule has 0 saturated heterocycles. The Morgan fingerprint density at radius 3 is 2.80 bits per heavy atom. The van der Waals surface area contributed by atoms with Gasteiger partial charge < -0.3 is 14.8 Å². The highest BCUT2D eigenvalue weighted by atomic mass is 32.2. The molecule has 0 spiro atoms. The molecular weight excluding hydrogens is 278 g/mol. The lowest BCUT2D eigenvalue weighted by Gasteiger charge is -2.02. The number of rotatable bonds is 7. The summed E-state index contributed by atoms with van der Waals surface area (Å²) in [5, 5.41) is 12.2. The van der Waals surface area contributed by atoms with Gasteiger partial charge in [0, 0.05) is 18.4 Å². The van der Waals surface area contributed by atoms with E-state index in [-0.39, 0.29) is 17.4 Å². The van der Waals surface area contributed by atoms with Crippen LogP contribution in [0.25, 0.3) is 11.0 Å². The lowest BCUT2D eigenvalue weighted by molar-refractivity contribution is -0.133.